The highest BCUT2D eigenvalue weighted by atomic mass is 16.2. The zero-order valence-corrected chi connectivity index (χ0v) is 11.9. The Morgan fingerprint density at radius 2 is 2.21 bits per heavy atom. The summed E-state index contributed by atoms with van der Waals surface area (Å²) in [5.74, 6) is 0. The lowest BCUT2D eigenvalue weighted by Gasteiger charge is -2.22. The van der Waals surface area contributed by atoms with E-state index in [4.69, 9.17) is 5.73 Å². The minimum absolute atomic E-state index is 0.0194. The van der Waals surface area contributed by atoms with E-state index in [1.165, 1.54) is 16.7 Å². The van der Waals surface area contributed by atoms with Gasteiger partial charge in [-0.2, -0.15) is 0 Å². The fourth-order valence-electron chi connectivity index (χ4n) is 2.73. The molecule has 1 aliphatic heterocycles. The van der Waals surface area contributed by atoms with Gasteiger partial charge in [0, 0.05) is 12.6 Å². The molecule has 0 aliphatic carbocycles. The van der Waals surface area contributed by atoms with Crippen molar-refractivity contribution in [2.45, 2.75) is 39.3 Å². The van der Waals surface area contributed by atoms with Crippen LogP contribution in [-0.4, -0.2) is 30.1 Å². The normalized spacial score (nSPS) is 20.5. The molecule has 104 valence electrons. The second-order valence-corrected chi connectivity index (χ2v) is 5.44. The molecule has 1 fully saturated rings. The smallest absolute Gasteiger partial charge is 0.318 e. The Bertz CT molecular complexity index is 472. The molecule has 1 saturated heterocycles. The van der Waals surface area contributed by atoms with Crippen LogP contribution in [0.15, 0.2) is 18.2 Å². The van der Waals surface area contributed by atoms with E-state index in [-0.39, 0.29) is 18.1 Å². The summed E-state index contributed by atoms with van der Waals surface area (Å²) in [4.78, 5) is 13.9. The Kier molecular flexibility index (Phi) is 4.10. The maximum absolute atomic E-state index is 12.0. The molecule has 1 aliphatic rings. The molecule has 2 unspecified atom stereocenters. The van der Waals surface area contributed by atoms with Crippen molar-refractivity contribution in [2.75, 3.05) is 13.1 Å². The number of amides is 2. The number of nitrogens with one attached hydrogen (secondary N) is 1. The SMILES string of the molecule is Cc1ccc(C2CN(C(C)CCN)C(=O)N2)c(C)c1. The molecule has 2 rings (SSSR count). The Morgan fingerprint density at radius 1 is 1.47 bits per heavy atom. The maximum atomic E-state index is 12.0. The third-order valence-corrected chi connectivity index (χ3v) is 3.86. The third kappa shape index (κ3) is 2.89. The zero-order chi connectivity index (χ0) is 14.0. The van der Waals surface area contributed by atoms with E-state index in [0.29, 0.717) is 6.54 Å². The van der Waals surface area contributed by atoms with Gasteiger partial charge < -0.3 is 16.0 Å². The first kappa shape index (κ1) is 13.9. The van der Waals surface area contributed by atoms with Crippen molar-refractivity contribution in [1.29, 1.82) is 0 Å². The molecular formula is C15H23N3O. The number of nitrogens with two attached hydrogens (primary N) is 1. The quantitative estimate of drug-likeness (QED) is 0.872. The van der Waals surface area contributed by atoms with Gasteiger partial charge in [-0.05, 0) is 44.9 Å². The average molecular weight is 261 g/mol. The van der Waals surface area contributed by atoms with E-state index in [0.717, 1.165) is 13.0 Å². The fraction of sp³-hybridized carbons (Fsp3) is 0.533. The van der Waals surface area contributed by atoms with E-state index in [1.807, 2.05) is 4.90 Å². The molecule has 19 heavy (non-hydrogen) atoms. The van der Waals surface area contributed by atoms with Gasteiger partial charge in [-0.1, -0.05) is 23.8 Å². The first-order valence-corrected chi connectivity index (χ1v) is 6.87. The number of carbonyl (C=O) groups is 1. The number of nitrogens with zero attached hydrogens (tertiary/aromatic N) is 1. The largest absolute Gasteiger partial charge is 0.330 e. The first-order chi connectivity index (χ1) is 9.02. The van der Waals surface area contributed by atoms with Crippen LogP contribution in [0, 0.1) is 13.8 Å². The Labute approximate surface area is 115 Å². The number of carbonyl (C=O) groups excluding carboxylic acids is 1. The van der Waals surface area contributed by atoms with Crippen molar-refractivity contribution in [3.8, 4) is 0 Å². The van der Waals surface area contributed by atoms with E-state index < -0.39 is 0 Å². The number of hydrogen-bond acceptors (Lipinski definition) is 2. The van der Waals surface area contributed by atoms with Gasteiger partial charge in [0.1, 0.15) is 0 Å². The molecule has 2 atom stereocenters. The maximum Gasteiger partial charge on any atom is 0.318 e. The number of hydrogen-bond donors (Lipinski definition) is 2. The molecule has 1 aromatic rings. The van der Waals surface area contributed by atoms with Crippen LogP contribution in [0.4, 0.5) is 4.79 Å². The first-order valence-electron chi connectivity index (χ1n) is 6.87. The molecule has 4 nitrogen and oxygen atoms in total. The lowest BCUT2D eigenvalue weighted by Crippen LogP contribution is -2.37. The van der Waals surface area contributed by atoms with Gasteiger partial charge in [0.05, 0.1) is 6.04 Å². The highest BCUT2D eigenvalue weighted by molar-refractivity contribution is 5.77. The van der Waals surface area contributed by atoms with Gasteiger partial charge in [0.2, 0.25) is 0 Å². The summed E-state index contributed by atoms with van der Waals surface area (Å²) >= 11 is 0. The van der Waals surface area contributed by atoms with Gasteiger partial charge in [-0.3, -0.25) is 0 Å². The average Bonchev–Trinajstić information content (AvgIpc) is 2.71. The van der Waals surface area contributed by atoms with Crippen LogP contribution in [0.2, 0.25) is 0 Å². The Balaban J connectivity index is 2.14. The number of rotatable bonds is 4. The van der Waals surface area contributed by atoms with E-state index in [1.54, 1.807) is 0 Å². The Morgan fingerprint density at radius 3 is 2.84 bits per heavy atom. The van der Waals surface area contributed by atoms with E-state index in [9.17, 15) is 4.79 Å². The summed E-state index contributed by atoms with van der Waals surface area (Å²) in [5.41, 5.74) is 9.26. The number of urea groups is 1. The van der Waals surface area contributed by atoms with Crippen LogP contribution >= 0.6 is 0 Å². The minimum Gasteiger partial charge on any atom is -0.330 e. The second kappa shape index (κ2) is 5.61. The topological polar surface area (TPSA) is 58.4 Å². The summed E-state index contributed by atoms with van der Waals surface area (Å²) in [6, 6.07) is 6.68. The summed E-state index contributed by atoms with van der Waals surface area (Å²) in [7, 11) is 0. The third-order valence-electron chi connectivity index (χ3n) is 3.86. The standard InChI is InChI=1S/C15H23N3O/c1-10-4-5-13(11(2)8-10)14-9-18(15(19)17-14)12(3)6-7-16/h4-5,8,12,14H,6-7,9,16H2,1-3H3,(H,17,19). The molecule has 0 spiro atoms. The van der Waals surface area contributed by atoms with Crippen molar-refractivity contribution in [3.63, 3.8) is 0 Å². The summed E-state index contributed by atoms with van der Waals surface area (Å²) in [6.07, 6.45) is 0.840. The number of aryl methyl sites for hydroxylation is 2. The van der Waals surface area contributed by atoms with Gasteiger partial charge >= 0.3 is 6.03 Å². The highest BCUT2D eigenvalue weighted by Crippen LogP contribution is 2.25. The van der Waals surface area contributed by atoms with Gasteiger partial charge in [-0.25, -0.2) is 4.79 Å². The molecule has 3 N–H and O–H groups in total. The van der Waals surface area contributed by atoms with Crippen LogP contribution in [0.3, 0.4) is 0 Å². The monoisotopic (exact) mass is 261 g/mol. The highest BCUT2D eigenvalue weighted by Gasteiger charge is 2.32. The predicted octanol–water partition coefficient (Wildman–Crippen LogP) is 2.11. The van der Waals surface area contributed by atoms with Crippen LogP contribution in [0.1, 0.15) is 36.1 Å². The van der Waals surface area contributed by atoms with Crippen molar-refractivity contribution < 1.29 is 4.79 Å². The summed E-state index contributed by atoms with van der Waals surface area (Å²) < 4.78 is 0. The second-order valence-electron chi connectivity index (χ2n) is 5.44. The van der Waals surface area contributed by atoms with Gasteiger partial charge in [0.25, 0.3) is 0 Å². The molecule has 1 aromatic carbocycles. The molecule has 2 amide bonds. The lowest BCUT2D eigenvalue weighted by molar-refractivity contribution is 0.199. The zero-order valence-electron chi connectivity index (χ0n) is 11.9. The molecular weight excluding hydrogens is 238 g/mol. The van der Waals surface area contributed by atoms with Crippen LogP contribution in [-0.2, 0) is 0 Å². The van der Waals surface area contributed by atoms with Crippen molar-refractivity contribution >= 4 is 6.03 Å². The van der Waals surface area contributed by atoms with Gasteiger partial charge in [0.15, 0.2) is 0 Å². The molecule has 0 radical (unpaired) electrons. The van der Waals surface area contributed by atoms with Gasteiger partial charge in [-0.15, -0.1) is 0 Å². The molecule has 4 heteroatoms. The summed E-state index contributed by atoms with van der Waals surface area (Å²) in [6.45, 7) is 7.57. The van der Waals surface area contributed by atoms with E-state index >= 15 is 0 Å². The van der Waals surface area contributed by atoms with Crippen LogP contribution in [0.5, 0.6) is 0 Å². The van der Waals surface area contributed by atoms with E-state index in [2.05, 4.69) is 44.3 Å². The molecule has 0 saturated carbocycles. The molecule has 0 aromatic heterocycles. The summed E-state index contributed by atoms with van der Waals surface area (Å²) in [5, 5.41) is 3.07. The van der Waals surface area contributed by atoms with Crippen LogP contribution < -0.4 is 11.1 Å². The van der Waals surface area contributed by atoms with Crippen molar-refractivity contribution in [3.05, 3.63) is 34.9 Å². The van der Waals surface area contributed by atoms with Crippen molar-refractivity contribution in [1.82, 2.24) is 10.2 Å². The Hall–Kier alpha value is -1.55. The minimum atomic E-state index is 0.0194. The molecule has 1 heterocycles. The van der Waals surface area contributed by atoms with Crippen LogP contribution in [0.25, 0.3) is 0 Å². The predicted molar refractivity (Wildman–Crippen MR) is 77.0 cm³/mol. The number of benzene rings is 1. The fourth-order valence-corrected chi connectivity index (χ4v) is 2.73. The molecule has 0 bridgehead atoms. The van der Waals surface area contributed by atoms with Crippen molar-refractivity contribution in [2.24, 2.45) is 5.73 Å². The lowest BCUT2D eigenvalue weighted by atomic mass is 9.99.